The maximum atomic E-state index is 12.6. The van der Waals surface area contributed by atoms with Crippen molar-refractivity contribution in [2.45, 2.75) is 52.4 Å². The van der Waals surface area contributed by atoms with Crippen LogP contribution in [0, 0.1) is 6.92 Å². The number of nitrogens with zero attached hydrogens (tertiary/aromatic N) is 3. The standard InChI is InChI=1S/C21H26N6O2S/c1-3-4-5-6-18(28)16-11-14(2)7-9-17(16)25-20(29)26-21-22-12-15(30-21)8-10-19-23-13-24-27-19/h7,9,11-13H,3-6,8,10H2,1-2H3,(H,23,24,27)(H2,22,25,26,29). The molecule has 0 bridgehead atoms. The van der Waals surface area contributed by atoms with Crippen LogP contribution in [0.5, 0.6) is 0 Å². The second kappa shape index (κ2) is 10.6. The Labute approximate surface area is 179 Å². The minimum atomic E-state index is -0.419. The van der Waals surface area contributed by atoms with E-state index in [1.54, 1.807) is 18.6 Å². The molecule has 0 atom stereocenters. The maximum absolute atomic E-state index is 12.6. The molecule has 0 spiro atoms. The summed E-state index contributed by atoms with van der Waals surface area (Å²) in [6.07, 6.45) is 8.18. The van der Waals surface area contributed by atoms with Crippen LogP contribution in [0.4, 0.5) is 15.6 Å². The summed E-state index contributed by atoms with van der Waals surface area (Å²) in [5.74, 6) is 0.859. The number of aromatic amines is 1. The fraction of sp³-hybridized carbons (Fsp3) is 0.381. The van der Waals surface area contributed by atoms with Crippen LogP contribution in [0.1, 0.15) is 59.2 Å². The normalized spacial score (nSPS) is 10.7. The average molecular weight is 427 g/mol. The van der Waals surface area contributed by atoms with E-state index in [2.05, 4.69) is 37.7 Å². The van der Waals surface area contributed by atoms with Crippen molar-refractivity contribution in [3.05, 3.63) is 52.6 Å². The van der Waals surface area contributed by atoms with E-state index in [9.17, 15) is 9.59 Å². The van der Waals surface area contributed by atoms with E-state index >= 15 is 0 Å². The van der Waals surface area contributed by atoms with Crippen molar-refractivity contribution in [1.82, 2.24) is 20.2 Å². The van der Waals surface area contributed by atoms with Crippen LogP contribution in [0.15, 0.2) is 30.7 Å². The molecule has 0 aliphatic rings. The van der Waals surface area contributed by atoms with E-state index in [1.807, 2.05) is 19.1 Å². The van der Waals surface area contributed by atoms with Crippen LogP contribution < -0.4 is 10.6 Å². The molecule has 30 heavy (non-hydrogen) atoms. The highest BCUT2D eigenvalue weighted by Crippen LogP contribution is 2.22. The van der Waals surface area contributed by atoms with Gasteiger partial charge in [0.1, 0.15) is 12.2 Å². The van der Waals surface area contributed by atoms with Gasteiger partial charge in [0.2, 0.25) is 0 Å². The topological polar surface area (TPSA) is 113 Å². The number of aromatic nitrogens is 4. The third kappa shape index (κ3) is 6.21. The predicted octanol–water partition coefficient (Wildman–Crippen LogP) is 4.76. The highest BCUT2D eigenvalue weighted by molar-refractivity contribution is 7.15. The Bertz CT molecular complexity index is 983. The molecule has 0 saturated heterocycles. The number of unbranched alkanes of at least 4 members (excludes halogenated alkanes) is 2. The molecule has 0 unspecified atom stereocenters. The number of Topliss-reactive ketones (excluding diaryl/α,β-unsaturated/α-hetero) is 1. The number of thiazole rings is 1. The Hall–Kier alpha value is -3.07. The summed E-state index contributed by atoms with van der Waals surface area (Å²) in [6.45, 7) is 4.04. The van der Waals surface area contributed by atoms with Gasteiger partial charge in [-0.25, -0.2) is 9.78 Å². The monoisotopic (exact) mass is 426 g/mol. The molecule has 0 radical (unpaired) electrons. The third-order valence-corrected chi connectivity index (χ3v) is 5.55. The average Bonchev–Trinajstić information content (AvgIpc) is 3.39. The molecule has 3 rings (SSSR count). The zero-order chi connectivity index (χ0) is 21.3. The van der Waals surface area contributed by atoms with Crippen molar-refractivity contribution in [1.29, 1.82) is 0 Å². The van der Waals surface area contributed by atoms with Gasteiger partial charge in [-0.2, -0.15) is 0 Å². The SMILES string of the molecule is CCCCCC(=O)c1cc(C)ccc1NC(=O)Nc1ncc(CCc2nnc[nH]2)s1. The lowest BCUT2D eigenvalue weighted by molar-refractivity contribution is 0.0980. The highest BCUT2D eigenvalue weighted by Gasteiger charge is 2.15. The van der Waals surface area contributed by atoms with Crippen LogP contribution in [0.2, 0.25) is 0 Å². The summed E-state index contributed by atoms with van der Waals surface area (Å²) in [5, 5.41) is 13.8. The van der Waals surface area contributed by atoms with Crippen LogP contribution in [-0.2, 0) is 12.8 Å². The number of benzene rings is 1. The molecule has 3 aromatic rings. The first kappa shape index (κ1) is 21.6. The van der Waals surface area contributed by atoms with E-state index in [0.29, 0.717) is 22.8 Å². The number of hydrogen-bond acceptors (Lipinski definition) is 6. The number of hydrogen-bond donors (Lipinski definition) is 3. The fourth-order valence-electron chi connectivity index (χ4n) is 2.99. The zero-order valence-corrected chi connectivity index (χ0v) is 18.0. The lowest BCUT2D eigenvalue weighted by Gasteiger charge is -2.11. The molecule has 1 aromatic carbocycles. The van der Waals surface area contributed by atoms with Gasteiger partial charge in [-0.1, -0.05) is 31.4 Å². The molecule has 0 saturated carbocycles. The van der Waals surface area contributed by atoms with Crippen molar-refractivity contribution in [3.8, 4) is 0 Å². The second-order valence-corrected chi connectivity index (χ2v) is 8.19. The quantitative estimate of drug-likeness (QED) is 0.319. The first-order valence-corrected chi connectivity index (χ1v) is 10.9. The molecule has 0 aliphatic carbocycles. The van der Waals surface area contributed by atoms with Gasteiger partial charge in [0.25, 0.3) is 0 Å². The number of carbonyl (C=O) groups is 2. The number of ketones is 1. The number of aryl methyl sites for hydroxylation is 3. The van der Waals surface area contributed by atoms with Gasteiger partial charge in [-0.15, -0.1) is 21.5 Å². The summed E-state index contributed by atoms with van der Waals surface area (Å²) < 4.78 is 0. The number of anilines is 2. The number of H-pyrrole nitrogens is 1. The summed E-state index contributed by atoms with van der Waals surface area (Å²) >= 11 is 1.41. The molecule has 8 nitrogen and oxygen atoms in total. The lowest BCUT2D eigenvalue weighted by Crippen LogP contribution is -2.21. The Kier molecular flexibility index (Phi) is 7.67. The molecule has 158 valence electrons. The van der Waals surface area contributed by atoms with Crippen molar-refractivity contribution in [3.63, 3.8) is 0 Å². The number of urea groups is 1. The predicted molar refractivity (Wildman–Crippen MR) is 118 cm³/mol. The van der Waals surface area contributed by atoms with Gasteiger partial charge in [0, 0.05) is 29.5 Å². The van der Waals surface area contributed by atoms with Gasteiger partial charge in [0.15, 0.2) is 10.9 Å². The minimum Gasteiger partial charge on any atom is -0.332 e. The van der Waals surface area contributed by atoms with Gasteiger partial charge in [-0.05, 0) is 31.9 Å². The van der Waals surface area contributed by atoms with E-state index < -0.39 is 6.03 Å². The first-order chi connectivity index (χ1) is 14.5. The van der Waals surface area contributed by atoms with E-state index in [1.165, 1.54) is 11.3 Å². The minimum absolute atomic E-state index is 0.0476. The maximum Gasteiger partial charge on any atom is 0.325 e. The van der Waals surface area contributed by atoms with E-state index in [-0.39, 0.29) is 5.78 Å². The Morgan fingerprint density at radius 1 is 1.17 bits per heavy atom. The molecule has 3 N–H and O–H groups in total. The molecule has 2 amide bonds. The van der Waals surface area contributed by atoms with Gasteiger partial charge >= 0.3 is 6.03 Å². The fourth-order valence-corrected chi connectivity index (χ4v) is 3.80. The van der Waals surface area contributed by atoms with Crippen molar-refractivity contribution < 1.29 is 9.59 Å². The highest BCUT2D eigenvalue weighted by atomic mass is 32.1. The van der Waals surface area contributed by atoms with Gasteiger partial charge in [0.05, 0.1) is 5.69 Å². The smallest absolute Gasteiger partial charge is 0.325 e. The van der Waals surface area contributed by atoms with Crippen LogP contribution >= 0.6 is 11.3 Å². The molecule has 9 heteroatoms. The summed E-state index contributed by atoms with van der Waals surface area (Å²) in [7, 11) is 0. The summed E-state index contributed by atoms with van der Waals surface area (Å²) in [5.41, 5.74) is 2.05. The third-order valence-electron chi connectivity index (χ3n) is 4.58. The summed E-state index contributed by atoms with van der Waals surface area (Å²) in [4.78, 5) is 33.3. The van der Waals surface area contributed by atoms with Crippen molar-refractivity contribution >= 4 is 34.0 Å². The molecule has 0 aliphatic heterocycles. The van der Waals surface area contributed by atoms with Crippen molar-refractivity contribution in [2.75, 3.05) is 10.6 Å². The zero-order valence-electron chi connectivity index (χ0n) is 17.2. The Morgan fingerprint density at radius 2 is 2.03 bits per heavy atom. The van der Waals surface area contributed by atoms with Crippen molar-refractivity contribution in [2.24, 2.45) is 0 Å². The van der Waals surface area contributed by atoms with Crippen LogP contribution in [-0.4, -0.2) is 32.0 Å². The number of amides is 2. The first-order valence-electron chi connectivity index (χ1n) is 10.1. The number of carbonyl (C=O) groups excluding carboxylic acids is 2. The second-order valence-electron chi connectivity index (χ2n) is 7.08. The van der Waals surface area contributed by atoms with E-state index in [0.717, 1.165) is 48.4 Å². The molecule has 2 heterocycles. The lowest BCUT2D eigenvalue weighted by atomic mass is 10.0. The molecule has 0 fully saturated rings. The number of nitrogens with one attached hydrogen (secondary N) is 3. The Balaban J connectivity index is 1.58. The Morgan fingerprint density at radius 3 is 2.80 bits per heavy atom. The molecular formula is C21H26N6O2S. The number of rotatable bonds is 10. The summed E-state index contributed by atoms with van der Waals surface area (Å²) in [6, 6.07) is 5.06. The molecule has 2 aromatic heterocycles. The van der Waals surface area contributed by atoms with Crippen LogP contribution in [0.25, 0.3) is 0 Å². The van der Waals surface area contributed by atoms with Gasteiger partial charge < -0.3 is 10.3 Å². The largest absolute Gasteiger partial charge is 0.332 e. The molecular weight excluding hydrogens is 400 g/mol. The van der Waals surface area contributed by atoms with E-state index in [4.69, 9.17) is 0 Å². The van der Waals surface area contributed by atoms with Crippen LogP contribution in [0.3, 0.4) is 0 Å². The van der Waals surface area contributed by atoms with Gasteiger partial charge in [-0.3, -0.25) is 10.1 Å².